The molecule has 1 aromatic carbocycles. The maximum Gasteiger partial charge on any atom is 0.252 e. The van der Waals surface area contributed by atoms with Crippen molar-refractivity contribution in [3.63, 3.8) is 0 Å². The second-order valence-electron chi connectivity index (χ2n) is 6.20. The predicted octanol–water partition coefficient (Wildman–Crippen LogP) is 2.87. The van der Waals surface area contributed by atoms with Gasteiger partial charge in [0, 0.05) is 23.8 Å². The van der Waals surface area contributed by atoms with Crippen LogP contribution in [0.5, 0.6) is 0 Å². The minimum absolute atomic E-state index is 0.141. The van der Waals surface area contributed by atoms with E-state index in [0.717, 1.165) is 24.1 Å². The lowest BCUT2D eigenvalue weighted by Crippen LogP contribution is -2.29. The molecule has 8 heteroatoms. The van der Waals surface area contributed by atoms with Crippen LogP contribution in [0, 0.1) is 6.92 Å². The van der Waals surface area contributed by atoms with E-state index < -0.39 is 10.0 Å². The Bertz CT molecular complexity index is 925. The molecule has 0 aliphatic carbocycles. The molecule has 6 nitrogen and oxygen atoms in total. The lowest BCUT2D eigenvalue weighted by atomic mass is 10.2. The molecular formula is C18H20BrN3O3S. The summed E-state index contributed by atoms with van der Waals surface area (Å²) >= 11 is 3.34. The zero-order valence-electron chi connectivity index (χ0n) is 14.4. The molecule has 1 saturated heterocycles. The summed E-state index contributed by atoms with van der Waals surface area (Å²) in [4.78, 5) is 17.0. The number of hydrogen-bond acceptors (Lipinski definition) is 4. The Hall–Kier alpha value is -1.77. The molecule has 1 aliphatic heterocycles. The molecule has 1 amide bonds. The fourth-order valence-electron chi connectivity index (χ4n) is 2.88. The van der Waals surface area contributed by atoms with E-state index in [-0.39, 0.29) is 17.3 Å². The van der Waals surface area contributed by atoms with Crippen molar-refractivity contribution in [3.8, 4) is 0 Å². The first-order valence-electron chi connectivity index (χ1n) is 8.38. The largest absolute Gasteiger partial charge is 0.346 e. The van der Waals surface area contributed by atoms with Crippen LogP contribution < -0.4 is 5.32 Å². The highest BCUT2D eigenvalue weighted by atomic mass is 79.9. The molecular weight excluding hydrogens is 418 g/mol. The highest BCUT2D eigenvalue weighted by Crippen LogP contribution is 2.25. The summed E-state index contributed by atoms with van der Waals surface area (Å²) in [6.45, 7) is 3.26. The highest BCUT2D eigenvalue weighted by Gasteiger charge is 2.28. The maximum atomic E-state index is 12.7. The number of pyridine rings is 1. The van der Waals surface area contributed by atoms with Crippen LogP contribution in [0.2, 0.25) is 0 Å². The van der Waals surface area contributed by atoms with Crippen LogP contribution >= 0.6 is 15.9 Å². The number of aromatic nitrogens is 1. The third-order valence-electron chi connectivity index (χ3n) is 4.42. The summed E-state index contributed by atoms with van der Waals surface area (Å²) in [6.07, 6.45) is 3.41. The van der Waals surface area contributed by atoms with E-state index in [1.807, 2.05) is 19.1 Å². The van der Waals surface area contributed by atoms with Crippen LogP contribution in [-0.2, 0) is 16.6 Å². The molecule has 1 fully saturated rings. The van der Waals surface area contributed by atoms with Crippen molar-refractivity contribution in [2.75, 3.05) is 13.1 Å². The normalized spacial score (nSPS) is 15.2. The van der Waals surface area contributed by atoms with Gasteiger partial charge in [0.1, 0.15) is 0 Å². The Morgan fingerprint density at radius 3 is 2.69 bits per heavy atom. The Labute approximate surface area is 161 Å². The molecule has 2 aromatic rings. The zero-order chi connectivity index (χ0) is 18.7. The Morgan fingerprint density at radius 1 is 1.27 bits per heavy atom. The quantitative estimate of drug-likeness (QED) is 0.779. The van der Waals surface area contributed by atoms with Gasteiger partial charge in [-0.15, -0.1) is 0 Å². The summed E-state index contributed by atoms with van der Waals surface area (Å²) in [5, 5.41) is 2.81. The molecule has 138 valence electrons. The van der Waals surface area contributed by atoms with Gasteiger partial charge < -0.3 is 5.32 Å². The smallest absolute Gasteiger partial charge is 0.252 e. The third kappa shape index (κ3) is 3.97. The summed E-state index contributed by atoms with van der Waals surface area (Å²) < 4.78 is 27.4. The molecule has 1 aromatic heterocycles. The Morgan fingerprint density at radius 2 is 2.00 bits per heavy atom. The second-order valence-corrected chi connectivity index (χ2v) is 8.99. The molecule has 2 heterocycles. The molecule has 0 bridgehead atoms. The number of benzene rings is 1. The van der Waals surface area contributed by atoms with Gasteiger partial charge in [-0.1, -0.05) is 6.07 Å². The number of rotatable bonds is 5. The van der Waals surface area contributed by atoms with Crippen LogP contribution in [0.4, 0.5) is 0 Å². The molecule has 1 aliphatic rings. The van der Waals surface area contributed by atoms with Gasteiger partial charge in [-0.2, -0.15) is 4.31 Å². The Balaban J connectivity index is 1.81. The number of halogens is 1. The number of carbonyl (C=O) groups excluding carboxylic acids is 1. The molecule has 26 heavy (non-hydrogen) atoms. The van der Waals surface area contributed by atoms with E-state index >= 15 is 0 Å². The number of hydrogen-bond donors (Lipinski definition) is 1. The van der Waals surface area contributed by atoms with Crippen molar-refractivity contribution in [2.45, 2.75) is 31.2 Å². The van der Waals surface area contributed by atoms with Gasteiger partial charge >= 0.3 is 0 Å². The second kappa shape index (κ2) is 7.85. The summed E-state index contributed by atoms with van der Waals surface area (Å²) in [5.74, 6) is -0.347. The molecule has 3 rings (SSSR count). The van der Waals surface area contributed by atoms with Crippen LogP contribution in [0.3, 0.4) is 0 Å². The SMILES string of the molecule is Cc1cccnc1CNC(=O)c1cc(S(=O)(=O)N2CCCC2)ccc1Br. The summed E-state index contributed by atoms with van der Waals surface area (Å²) in [7, 11) is -3.57. The third-order valence-corrected chi connectivity index (χ3v) is 7.01. The summed E-state index contributed by atoms with van der Waals surface area (Å²) in [6, 6.07) is 8.32. The molecule has 1 N–H and O–H groups in total. The number of aryl methyl sites for hydroxylation is 1. The van der Waals surface area contributed by atoms with Crippen molar-refractivity contribution in [3.05, 3.63) is 57.8 Å². The van der Waals surface area contributed by atoms with E-state index in [9.17, 15) is 13.2 Å². The molecule has 0 radical (unpaired) electrons. The lowest BCUT2D eigenvalue weighted by molar-refractivity contribution is 0.0949. The number of nitrogens with zero attached hydrogens (tertiary/aromatic N) is 2. The van der Waals surface area contributed by atoms with E-state index in [0.29, 0.717) is 23.1 Å². The minimum atomic E-state index is -3.57. The van der Waals surface area contributed by atoms with Gasteiger partial charge in [0.25, 0.3) is 5.91 Å². The number of nitrogens with one attached hydrogen (secondary N) is 1. The monoisotopic (exact) mass is 437 g/mol. The number of sulfonamides is 1. The topological polar surface area (TPSA) is 79.4 Å². The van der Waals surface area contributed by atoms with Crippen molar-refractivity contribution in [2.24, 2.45) is 0 Å². The zero-order valence-corrected chi connectivity index (χ0v) is 16.8. The van der Waals surface area contributed by atoms with Gasteiger partial charge in [-0.25, -0.2) is 8.42 Å². The predicted molar refractivity (Wildman–Crippen MR) is 102 cm³/mol. The first-order chi connectivity index (χ1) is 12.4. The van der Waals surface area contributed by atoms with E-state index in [2.05, 4.69) is 26.2 Å². The lowest BCUT2D eigenvalue weighted by Gasteiger charge is -2.16. The van der Waals surface area contributed by atoms with Gasteiger partial charge in [-0.3, -0.25) is 9.78 Å². The average Bonchev–Trinajstić information content (AvgIpc) is 3.16. The van der Waals surface area contributed by atoms with Crippen LogP contribution in [0.1, 0.15) is 34.5 Å². The average molecular weight is 438 g/mol. The van der Waals surface area contributed by atoms with E-state index in [4.69, 9.17) is 0 Å². The molecule has 0 spiro atoms. The molecule has 0 atom stereocenters. The van der Waals surface area contributed by atoms with Crippen molar-refractivity contribution < 1.29 is 13.2 Å². The minimum Gasteiger partial charge on any atom is -0.346 e. The standard InChI is InChI=1S/C18H20BrN3O3S/c1-13-5-4-8-20-17(13)12-21-18(23)15-11-14(6-7-16(15)19)26(24,25)22-9-2-3-10-22/h4-8,11H,2-3,9-10,12H2,1H3,(H,21,23). The van der Waals surface area contributed by atoms with Gasteiger partial charge in [-0.05, 0) is 65.5 Å². The maximum absolute atomic E-state index is 12.7. The number of amides is 1. The first kappa shape index (κ1) is 19.0. The van der Waals surface area contributed by atoms with E-state index in [1.165, 1.54) is 16.4 Å². The van der Waals surface area contributed by atoms with Crippen LogP contribution in [0.15, 0.2) is 45.9 Å². The molecule has 0 unspecified atom stereocenters. The highest BCUT2D eigenvalue weighted by molar-refractivity contribution is 9.10. The fourth-order valence-corrected chi connectivity index (χ4v) is 4.85. The van der Waals surface area contributed by atoms with Crippen molar-refractivity contribution in [1.29, 1.82) is 0 Å². The van der Waals surface area contributed by atoms with E-state index in [1.54, 1.807) is 12.3 Å². The molecule has 0 saturated carbocycles. The fraction of sp³-hybridized carbons (Fsp3) is 0.333. The number of carbonyl (C=O) groups is 1. The van der Waals surface area contributed by atoms with Gasteiger partial charge in [0.15, 0.2) is 0 Å². The first-order valence-corrected chi connectivity index (χ1v) is 10.6. The van der Waals surface area contributed by atoms with Crippen LogP contribution in [-0.4, -0.2) is 36.7 Å². The van der Waals surface area contributed by atoms with Gasteiger partial charge in [0.2, 0.25) is 10.0 Å². The van der Waals surface area contributed by atoms with Crippen molar-refractivity contribution >= 4 is 31.9 Å². The van der Waals surface area contributed by atoms with Gasteiger partial charge in [0.05, 0.1) is 22.7 Å². The van der Waals surface area contributed by atoms with Crippen molar-refractivity contribution in [1.82, 2.24) is 14.6 Å². The Kier molecular flexibility index (Phi) is 5.74. The van der Waals surface area contributed by atoms with Crippen LogP contribution in [0.25, 0.3) is 0 Å². The summed E-state index contributed by atoms with van der Waals surface area (Å²) in [5.41, 5.74) is 2.05.